The van der Waals surface area contributed by atoms with Crippen LogP contribution in [0.5, 0.6) is 0 Å². The third-order valence-electron chi connectivity index (χ3n) is 5.35. The first kappa shape index (κ1) is 19.3. The summed E-state index contributed by atoms with van der Waals surface area (Å²) >= 11 is 3.37. The van der Waals surface area contributed by atoms with Crippen molar-refractivity contribution >= 4 is 40.5 Å². The standard InChI is InChI=1S/C19H22N4O3S2/c24-17-18(25)23(19(26)22(17)6-5-15-3-1-11-27-15)14-21-9-7-20(8-10-21)13-16-4-2-12-28-16/h1-4,11-12H,5-10,13-14H2/p+2. The molecule has 2 saturated heterocycles. The first-order chi connectivity index (χ1) is 13.6. The van der Waals surface area contributed by atoms with Crippen LogP contribution >= 0.6 is 22.7 Å². The Bertz CT molecular complexity index is 830. The summed E-state index contributed by atoms with van der Waals surface area (Å²) in [7, 11) is 0. The number of piperazine rings is 1. The molecular weight excluding hydrogens is 396 g/mol. The molecule has 9 heteroatoms. The van der Waals surface area contributed by atoms with Crippen LogP contribution in [0.25, 0.3) is 0 Å². The van der Waals surface area contributed by atoms with Crippen LogP contribution in [0.1, 0.15) is 9.75 Å². The fraction of sp³-hybridized carbons (Fsp3) is 0.421. The summed E-state index contributed by atoms with van der Waals surface area (Å²) in [5.74, 6) is -1.38. The van der Waals surface area contributed by atoms with Crippen molar-refractivity contribution in [2.75, 3.05) is 39.4 Å². The average molecular weight is 421 g/mol. The van der Waals surface area contributed by atoms with E-state index >= 15 is 0 Å². The van der Waals surface area contributed by atoms with Gasteiger partial charge in [-0.25, -0.2) is 9.69 Å². The van der Waals surface area contributed by atoms with Crippen molar-refractivity contribution in [3.05, 3.63) is 44.8 Å². The molecule has 0 spiro atoms. The molecule has 0 radical (unpaired) electrons. The Morgan fingerprint density at radius 2 is 1.43 bits per heavy atom. The van der Waals surface area contributed by atoms with Crippen LogP contribution in [0, 0.1) is 0 Å². The van der Waals surface area contributed by atoms with Gasteiger partial charge < -0.3 is 9.80 Å². The van der Waals surface area contributed by atoms with Gasteiger partial charge in [0.05, 0.1) is 4.88 Å². The molecule has 0 atom stereocenters. The fourth-order valence-electron chi connectivity index (χ4n) is 3.74. The van der Waals surface area contributed by atoms with Gasteiger partial charge >= 0.3 is 17.8 Å². The van der Waals surface area contributed by atoms with Gasteiger partial charge in [-0.1, -0.05) is 12.1 Å². The second kappa shape index (κ2) is 8.52. The minimum absolute atomic E-state index is 0.258. The van der Waals surface area contributed by atoms with E-state index in [9.17, 15) is 14.4 Å². The quantitative estimate of drug-likeness (QED) is 0.450. The molecule has 0 bridgehead atoms. The fourth-order valence-corrected chi connectivity index (χ4v) is 5.21. The molecule has 0 aliphatic carbocycles. The number of carbonyl (C=O) groups excluding carboxylic acids is 3. The van der Waals surface area contributed by atoms with E-state index in [4.69, 9.17) is 0 Å². The highest BCUT2D eigenvalue weighted by Gasteiger charge is 2.46. The van der Waals surface area contributed by atoms with Crippen LogP contribution in [0.4, 0.5) is 4.79 Å². The molecule has 4 rings (SSSR count). The predicted octanol–water partition coefficient (Wildman–Crippen LogP) is -0.916. The number of amides is 4. The highest BCUT2D eigenvalue weighted by Crippen LogP contribution is 2.14. The molecule has 4 amide bonds. The number of imide groups is 2. The summed E-state index contributed by atoms with van der Waals surface area (Å²) < 4.78 is 0. The number of thiophene rings is 2. The van der Waals surface area contributed by atoms with Crippen LogP contribution < -0.4 is 9.80 Å². The third kappa shape index (κ3) is 4.17. The van der Waals surface area contributed by atoms with E-state index in [-0.39, 0.29) is 13.2 Å². The number of hydrogen-bond acceptors (Lipinski definition) is 5. The van der Waals surface area contributed by atoms with Crippen molar-refractivity contribution in [1.82, 2.24) is 9.80 Å². The van der Waals surface area contributed by atoms with E-state index in [0.717, 1.165) is 47.4 Å². The van der Waals surface area contributed by atoms with E-state index in [1.165, 1.54) is 14.7 Å². The maximum absolute atomic E-state index is 12.6. The Balaban J connectivity index is 1.29. The molecule has 0 aromatic carbocycles. The van der Waals surface area contributed by atoms with Crippen LogP contribution in [-0.4, -0.2) is 67.0 Å². The maximum Gasteiger partial charge on any atom is 0.338 e. The van der Waals surface area contributed by atoms with E-state index in [1.807, 2.05) is 17.5 Å². The Morgan fingerprint density at radius 1 is 0.821 bits per heavy atom. The number of quaternary nitrogens is 2. The second-order valence-electron chi connectivity index (χ2n) is 7.22. The Labute approximate surface area is 171 Å². The molecule has 28 heavy (non-hydrogen) atoms. The molecule has 2 aliphatic heterocycles. The van der Waals surface area contributed by atoms with Crippen molar-refractivity contribution in [3.63, 3.8) is 0 Å². The molecular formula is C19H24N4O3S2+2. The lowest BCUT2D eigenvalue weighted by molar-refractivity contribution is -1.02. The van der Waals surface area contributed by atoms with Gasteiger partial charge in [0.25, 0.3) is 0 Å². The lowest BCUT2D eigenvalue weighted by atomic mass is 10.3. The maximum atomic E-state index is 12.6. The number of urea groups is 1. The minimum Gasteiger partial charge on any atom is -0.321 e. The summed E-state index contributed by atoms with van der Waals surface area (Å²) in [6.07, 6.45) is 0.591. The van der Waals surface area contributed by atoms with Crippen molar-refractivity contribution in [3.8, 4) is 0 Å². The predicted molar refractivity (Wildman–Crippen MR) is 106 cm³/mol. The van der Waals surface area contributed by atoms with E-state index in [0.29, 0.717) is 6.42 Å². The van der Waals surface area contributed by atoms with Gasteiger partial charge in [0, 0.05) is 17.8 Å². The number of nitrogens with zero attached hydrogens (tertiary/aromatic N) is 2. The molecule has 2 aliphatic rings. The monoisotopic (exact) mass is 420 g/mol. The topological polar surface area (TPSA) is 66.6 Å². The average Bonchev–Trinajstić information content (AvgIpc) is 3.43. The zero-order chi connectivity index (χ0) is 19.5. The summed E-state index contributed by atoms with van der Waals surface area (Å²) in [5, 5.41) is 4.06. The normalized spacial score (nSPS) is 23.1. The van der Waals surface area contributed by atoms with Gasteiger partial charge in [-0.05, 0) is 22.9 Å². The first-order valence-electron chi connectivity index (χ1n) is 9.51. The van der Waals surface area contributed by atoms with Gasteiger partial charge in [0.2, 0.25) is 0 Å². The summed E-state index contributed by atoms with van der Waals surface area (Å²) in [6, 6.07) is 7.68. The highest BCUT2D eigenvalue weighted by molar-refractivity contribution is 7.10. The largest absolute Gasteiger partial charge is 0.338 e. The molecule has 0 unspecified atom stereocenters. The second-order valence-corrected chi connectivity index (χ2v) is 9.28. The summed E-state index contributed by atoms with van der Waals surface area (Å²) in [6.45, 7) is 5.35. The van der Waals surface area contributed by atoms with Gasteiger partial charge in [-0.15, -0.1) is 22.7 Å². The minimum atomic E-state index is -0.692. The smallest absolute Gasteiger partial charge is 0.321 e. The Morgan fingerprint density at radius 3 is 2.07 bits per heavy atom. The molecule has 7 nitrogen and oxygen atoms in total. The number of carbonyl (C=O) groups is 3. The highest BCUT2D eigenvalue weighted by atomic mass is 32.1. The van der Waals surface area contributed by atoms with Gasteiger partial charge in [-0.2, -0.15) is 0 Å². The Hall–Kier alpha value is -2.07. The van der Waals surface area contributed by atoms with Gasteiger partial charge in [0.15, 0.2) is 6.67 Å². The van der Waals surface area contributed by atoms with Crippen LogP contribution in [0.15, 0.2) is 35.0 Å². The van der Waals surface area contributed by atoms with Crippen molar-refractivity contribution in [1.29, 1.82) is 0 Å². The molecule has 2 fully saturated rings. The van der Waals surface area contributed by atoms with Crippen LogP contribution in [-0.2, 0) is 22.6 Å². The molecule has 2 N–H and O–H groups in total. The number of rotatable bonds is 7. The molecule has 148 valence electrons. The number of hydrogen-bond donors (Lipinski definition) is 2. The molecule has 2 aromatic rings. The van der Waals surface area contributed by atoms with E-state index < -0.39 is 17.8 Å². The lowest BCUT2D eigenvalue weighted by Gasteiger charge is -2.30. The van der Waals surface area contributed by atoms with Gasteiger partial charge in [0.1, 0.15) is 32.7 Å². The zero-order valence-corrected chi connectivity index (χ0v) is 17.2. The first-order valence-corrected chi connectivity index (χ1v) is 11.3. The van der Waals surface area contributed by atoms with E-state index in [1.54, 1.807) is 22.7 Å². The zero-order valence-electron chi connectivity index (χ0n) is 15.6. The Kier molecular flexibility index (Phi) is 5.86. The van der Waals surface area contributed by atoms with Crippen molar-refractivity contribution < 1.29 is 24.2 Å². The van der Waals surface area contributed by atoms with Crippen LogP contribution in [0.3, 0.4) is 0 Å². The molecule has 4 heterocycles. The van der Waals surface area contributed by atoms with Gasteiger partial charge in [-0.3, -0.25) is 14.5 Å². The summed E-state index contributed by atoms with van der Waals surface area (Å²) in [4.78, 5) is 44.7. The molecule has 0 saturated carbocycles. The molecule has 2 aromatic heterocycles. The third-order valence-corrected chi connectivity index (χ3v) is 7.16. The lowest BCUT2D eigenvalue weighted by Crippen LogP contribution is -3.28. The SMILES string of the molecule is O=C1C(=O)N(C[NH+]2CC[NH+](Cc3cccs3)CC2)C(=O)N1CCc1cccs1. The van der Waals surface area contributed by atoms with Crippen molar-refractivity contribution in [2.24, 2.45) is 0 Å². The van der Waals surface area contributed by atoms with E-state index in [2.05, 4.69) is 17.5 Å². The summed E-state index contributed by atoms with van der Waals surface area (Å²) in [5.41, 5.74) is 0. The van der Waals surface area contributed by atoms with Crippen molar-refractivity contribution in [2.45, 2.75) is 13.0 Å². The van der Waals surface area contributed by atoms with Crippen LogP contribution in [0.2, 0.25) is 0 Å². The number of nitrogens with one attached hydrogen (secondary N) is 2.